The van der Waals surface area contributed by atoms with Gasteiger partial charge in [0.25, 0.3) is 0 Å². The van der Waals surface area contributed by atoms with Crippen LogP contribution in [0.5, 0.6) is 11.5 Å². The Bertz CT molecular complexity index is 1220. The van der Waals surface area contributed by atoms with Gasteiger partial charge in [-0.3, -0.25) is 4.99 Å². The highest BCUT2D eigenvalue weighted by molar-refractivity contribution is 7.15. The molecule has 2 heterocycles. The molecule has 3 N–H and O–H groups in total. The number of hydrogen-bond acceptors (Lipinski definition) is 10. The molecule has 0 radical (unpaired) electrons. The number of aromatic nitrogens is 3. The van der Waals surface area contributed by atoms with Gasteiger partial charge in [-0.25, -0.2) is 9.97 Å². The molecule has 0 aliphatic heterocycles. The minimum absolute atomic E-state index is 0.174. The first-order valence-corrected chi connectivity index (χ1v) is 13.5. The lowest BCUT2D eigenvalue weighted by atomic mass is 10.0. The number of benzene rings is 1. The van der Waals surface area contributed by atoms with Gasteiger partial charge >= 0.3 is 0 Å². The van der Waals surface area contributed by atoms with Gasteiger partial charge < -0.3 is 25.2 Å². The van der Waals surface area contributed by atoms with Crippen LogP contribution >= 0.6 is 11.3 Å². The molecule has 2 aromatic heterocycles. The number of ether oxygens (including phenoxy) is 2. The molecule has 0 bridgehead atoms. The van der Waals surface area contributed by atoms with E-state index in [9.17, 15) is 5.11 Å². The number of rotatable bonds is 15. The van der Waals surface area contributed by atoms with Crippen LogP contribution in [-0.2, 0) is 6.42 Å². The number of hydrogen-bond donors (Lipinski definition) is 3. The highest BCUT2D eigenvalue weighted by Crippen LogP contribution is 2.34. The van der Waals surface area contributed by atoms with E-state index in [0.29, 0.717) is 19.0 Å². The molecule has 3 rings (SSSR count). The van der Waals surface area contributed by atoms with Crippen LogP contribution < -0.4 is 20.1 Å². The number of nitrogens with zero attached hydrogens (tertiary/aromatic N) is 4. The van der Waals surface area contributed by atoms with E-state index in [1.165, 1.54) is 6.20 Å². The molecule has 204 valence electrons. The molecule has 0 aliphatic rings. The van der Waals surface area contributed by atoms with Gasteiger partial charge in [0, 0.05) is 36.8 Å². The van der Waals surface area contributed by atoms with Gasteiger partial charge in [0.05, 0.1) is 37.4 Å². The molecule has 1 atom stereocenters. The van der Waals surface area contributed by atoms with Crippen LogP contribution in [0.4, 0.5) is 11.8 Å². The SMILES string of the molecule is C=CN=Cc1nc(-c2c(C)nc(NCCc3cc(OC)cc(OC)c3)nc2NCCC(CC)CO)sc1C. The molecule has 0 amide bonds. The molecule has 1 unspecified atom stereocenters. The Balaban J connectivity index is 1.85. The highest BCUT2D eigenvalue weighted by Gasteiger charge is 2.19. The van der Waals surface area contributed by atoms with Crippen molar-refractivity contribution in [2.75, 3.05) is 44.5 Å². The molecule has 38 heavy (non-hydrogen) atoms. The summed E-state index contributed by atoms with van der Waals surface area (Å²) in [5.74, 6) is 3.02. The van der Waals surface area contributed by atoms with Gasteiger partial charge in [0.1, 0.15) is 22.3 Å². The number of nitrogens with one attached hydrogen (secondary N) is 2. The zero-order valence-electron chi connectivity index (χ0n) is 22.9. The maximum Gasteiger partial charge on any atom is 0.224 e. The molecule has 9 nitrogen and oxygen atoms in total. The summed E-state index contributed by atoms with van der Waals surface area (Å²) < 4.78 is 10.8. The summed E-state index contributed by atoms with van der Waals surface area (Å²) in [7, 11) is 3.29. The molecular weight excluding hydrogens is 500 g/mol. The van der Waals surface area contributed by atoms with Crippen LogP contribution in [0.15, 0.2) is 36.0 Å². The summed E-state index contributed by atoms with van der Waals surface area (Å²) in [6.45, 7) is 11.2. The first kappa shape index (κ1) is 29.1. The number of aliphatic hydroxyl groups excluding tert-OH is 1. The topological polar surface area (TPSA) is 114 Å². The van der Waals surface area contributed by atoms with Crippen molar-refractivity contribution in [2.24, 2.45) is 10.9 Å². The number of anilines is 2. The minimum Gasteiger partial charge on any atom is -0.497 e. The monoisotopic (exact) mass is 538 g/mol. The van der Waals surface area contributed by atoms with Crippen LogP contribution in [0.1, 0.15) is 41.6 Å². The van der Waals surface area contributed by atoms with Crippen LogP contribution in [-0.4, -0.2) is 60.2 Å². The van der Waals surface area contributed by atoms with Crippen molar-refractivity contribution in [3.05, 3.63) is 52.8 Å². The lowest BCUT2D eigenvalue weighted by Crippen LogP contribution is -2.15. The predicted molar refractivity (Wildman–Crippen MR) is 156 cm³/mol. The lowest BCUT2D eigenvalue weighted by Gasteiger charge is -2.16. The summed E-state index contributed by atoms with van der Waals surface area (Å²) in [5.41, 5.74) is 3.58. The van der Waals surface area contributed by atoms with E-state index in [1.807, 2.05) is 32.0 Å². The second-order valence-corrected chi connectivity index (χ2v) is 10.1. The first-order valence-electron chi connectivity index (χ1n) is 12.7. The Morgan fingerprint density at radius 3 is 2.45 bits per heavy atom. The smallest absolute Gasteiger partial charge is 0.224 e. The van der Waals surface area contributed by atoms with E-state index in [-0.39, 0.29) is 12.5 Å². The summed E-state index contributed by atoms with van der Waals surface area (Å²) in [6, 6.07) is 5.85. The summed E-state index contributed by atoms with van der Waals surface area (Å²) in [4.78, 5) is 19.6. The third-order valence-corrected chi connectivity index (χ3v) is 7.23. The Morgan fingerprint density at radius 1 is 1.08 bits per heavy atom. The number of methoxy groups -OCH3 is 2. The number of thiazole rings is 1. The van der Waals surface area contributed by atoms with E-state index >= 15 is 0 Å². The highest BCUT2D eigenvalue weighted by atomic mass is 32.1. The normalized spacial score (nSPS) is 11.9. The third-order valence-electron chi connectivity index (χ3n) is 6.23. The van der Waals surface area contributed by atoms with E-state index in [4.69, 9.17) is 24.4 Å². The van der Waals surface area contributed by atoms with Crippen LogP contribution in [0, 0.1) is 19.8 Å². The zero-order valence-corrected chi connectivity index (χ0v) is 23.7. The largest absolute Gasteiger partial charge is 0.497 e. The van der Waals surface area contributed by atoms with Crippen molar-refractivity contribution in [1.82, 2.24) is 15.0 Å². The van der Waals surface area contributed by atoms with Gasteiger partial charge in [-0.15, -0.1) is 11.3 Å². The quantitative estimate of drug-likeness (QED) is 0.224. The molecule has 0 spiro atoms. The van der Waals surface area contributed by atoms with E-state index in [0.717, 1.165) is 69.0 Å². The van der Waals surface area contributed by atoms with Crippen LogP contribution in [0.2, 0.25) is 0 Å². The molecule has 0 aliphatic carbocycles. The van der Waals surface area contributed by atoms with Crippen LogP contribution in [0.3, 0.4) is 0 Å². The second kappa shape index (κ2) is 14.4. The average Bonchev–Trinajstić information content (AvgIpc) is 3.28. The number of aliphatic imine (C=N–C) groups is 1. The summed E-state index contributed by atoms with van der Waals surface area (Å²) in [5, 5.41) is 17.3. The van der Waals surface area contributed by atoms with Gasteiger partial charge in [0.15, 0.2) is 0 Å². The van der Waals surface area contributed by atoms with Gasteiger partial charge in [-0.2, -0.15) is 4.98 Å². The predicted octanol–water partition coefficient (Wildman–Crippen LogP) is 5.27. The van der Waals surface area contributed by atoms with Crippen molar-refractivity contribution < 1.29 is 14.6 Å². The lowest BCUT2D eigenvalue weighted by molar-refractivity contribution is 0.217. The fourth-order valence-corrected chi connectivity index (χ4v) is 4.93. The Labute approximate surface area is 229 Å². The third kappa shape index (κ3) is 7.75. The summed E-state index contributed by atoms with van der Waals surface area (Å²) >= 11 is 1.58. The molecule has 3 aromatic rings. The Morgan fingerprint density at radius 2 is 1.82 bits per heavy atom. The second-order valence-electron chi connectivity index (χ2n) is 8.85. The van der Waals surface area contributed by atoms with Crippen molar-refractivity contribution in [1.29, 1.82) is 0 Å². The van der Waals surface area contributed by atoms with Gasteiger partial charge in [-0.1, -0.05) is 19.9 Å². The van der Waals surface area contributed by atoms with Gasteiger partial charge in [-0.05, 0) is 50.3 Å². The summed E-state index contributed by atoms with van der Waals surface area (Å²) in [6.07, 6.45) is 5.71. The number of aryl methyl sites for hydroxylation is 2. The minimum atomic E-state index is 0.174. The fourth-order valence-electron chi connectivity index (χ4n) is 3.94. The Kier molecular flexibility index (Phi) is 11.0. The zero-order chi connectivity index (χ0) is 27.5. The maximum atomic E-state index is 9.60. The standard InChI is InChI=1S/C28H38N6O3S/c1-7-20(17-35)9-11-30-26-25(27-33-24(16-29-8-2)19(4)38-27)18(3)32-28(34-26)31-12-10-21-13-22(36-5)15-23(14-21)37-6/h8,13-16,20,35H,2,7,9-12,17H2,1,3-6H3,(H2,30,31,32,34). The Hall–Kier alpha value is -3.50. The molecule has 0 saturated carbocycles. The molecule has 10 heteroatoms. The first-order chi connectivity index (χ1) is 18.4. The van der Waals surface area contributed by atoms with Crippen molar-refractivity contribution in [3.63, 3.8) is 0 Å². The molecule has 1 aromatic carbocycles. The molecular formula is C28H38N6O3S. The van der Waals surface area contributed by atoms with E-state index in [1.54, 1.807) is 31.8 Å². The van der Waals surface area contributed by atoms with E-state index in [2.05, 4.69) is 29.1 Å². The average molecular weight is 539 g/mol. The van der Waals surface area contributed by atoms with Crippen LogP contribution in [0.25, 0.3) is 10.6 Å². The molecule has 0 saturated heterocycles. The van der Waals surface area contributed by atoms with Crippen molar-refractivity contribution in [2.45, 2.75) is 40.0 Å². The fraction of sp³-hybridized carbons (Fsp3) is 0.429. The maximum absolute atomic E-state index is 9.60. The van der Waals surface area contributed by atoms with Crippen molar-refractivity contribution >= 4 is 29.3 Å². The molecule has 0 fully saturated rings. The van der Waals surface area contributed by atoms with Crippen molar-refractivity contribution in [3.8, 4) is 22.1 Å². The van der Waals surface area contributed by atoms with Gasteiger partial charge in [0.2, 0.25) is 5.95 Å². The van der Waals surface area contributed by atoms with E-state index < -0.39 is 0 Å². The number of aliphatic hydroxyl groups is 1.